The summed E-state index contributed by atoms with van der Waals surface area (Å²) < 4.78 is 27.1. The first-order chi connectivity index (χ1) is 8.99. The van der Waals surface area contributed by atoms with Gasteiger partial charge < -0.3 is 14.2 Å². The molecule has 8 heteroatoms. The van der Waals surface area contributed by atoms with Crippen LogP contribution in [0.4, 0.5) is 10.1 Å². The molecule has 0 heterocycles. The van der Waals surface area contributed by atoms with Crippen LogP contribution in [0.1, 0.15) is 6.92 Å². The summed E-state index contributed by atoms with van der Waals surface area (Å²) in [4.78, 5) is 21.0. The summed E-state index contributed by atoms with van der Waals surface area (Å²) in [6, 6.07) is 3.45. The Labute approximate surface area is 108 Å². The highest BCUT2D eigenvalue weighted by Crippen LogP contribution is 2.31. The van der Waals surface area contributed by atoms with Crippen LogP contribution in [0.15, 0.2) is 18.2 Å². The molecule has 19 heavy (non-hydrogen) atoms. The molecule has 0 saturated heterocycles. The Kier molecular flexibility index (Phi) is 5.04. The van der Waals surface area contributed by atoms with Crippen molar-refractivity contribution >= 4 is 11.7 Å². The molecule has 0 aliphatic carbocycles. The quantitative estimate of drug-likeness (QED) is 0.446. The minimum atomic E-state index is -2.34. The average Bonchev–Trinajstić information content (AvgIpc) is 2.38. The van der Waals surface area contributed by atoms with E-state index in [1.807, 2.05) is 0 Å². The molecule has 1 rings (SSSR count). The maximum absolute atomic E-state index is 13.3. The van der Waals surface area contributed by atoms with E-state index in [9.17, 15) is 19.3 Å². The molecule has 1 aromatic carbocycles. The summed E-state index contributed by atoms with van der Waals surface area (Å²) in [5.41, 5.74) is -0.393. The van der Waals surface area contributed by atoms with Gasteiger partial charge >= 0.3 is 18.0 Å². The van der Waals surface area contributed by atoms with Crippen molar-refractivity contribution in [3.05, 3.63) is 28.3 Å². The van der Waals surface area contributed by atoms with Gasteiger partial charge in [0.15, 0.2) is 5.75 Å². The number of rotatable bonds is 6. The van der Waals surface area contributed by atoms with E-state index < -0.39 is 22.9 Å². The number of carbonyl (C=O) groups excluding carboxylic acids is 1. The Bertz CT molecular complexity index is 478. The predicted octanol–water partition coefficient (Wildman–Crippen LogP) is 1.84. The zero-order valence-electron chi connectivity index (χ0n) is 10.3. The van der Waals surface area contributed by atoms with E-state index in [0.717, 1.165) is 6.07 Å². The van der Waals surface area contributed by atoms with Crippen LogP contribution in [0.3, 0.4) is 0 Å². The molecule has 0 saturated carbocycles. The fourth-order valence-corrected chi connectivity index (χ4v) is 1.26. The molecule has 0 amide bonds. The van der Waals surface area contributed by atoms with E-state index in [0.29, 0.717) is 0 Å². The maximum atomic E-state index is 13.3. The molecular formula is C11H12FNO6. The molecule has 0 aliphatic rings. The second-order valence-electron chi connectivity index (χ2n) is 3.28. The number of nitrogens with zero attached hydrogens (tertiary/aromatic N) is 1. The van der Waals surface area contributed by atoms with Crippen LogP contribution in [0.5, 0.6) is 11.5 Å². The standard InChI is InChI=1S/C11H12FNO6/c1-3-18-11(14)10(12)19-7-4-5-9(17-2)8(6-7)13(15)16/h4-6,10H,3H2,1-2H3. The molecule has 0 spiro atoms. The first-order valence-electron chi connectivity index (χ1n) is 5.29. The smallest absolute Gasteiger partial charge is 0.381 e. The van der Waals surface area contributed by atoms with Gasteiger partial charge in [0.2, 0.25) is 0 Å². The predicted molar refractivity (Wildman–Crippen MR) is 61.8 cm³/mol. The number of methoxy groups -OCH3 is 1. The van der Waals surface area contributed by atoms with E-state index >= 15 is 0 Å². The van der Waals surface area contributed by atoms with E-state index in [-0.39, 0.29) is 18.1 Å². The lowest BCUT2D eigenvalue weighted by Gasteiger charge is -2.10. The van der Waals surface area contributed by atoms with Gasteiger partial charge in [0.25, 0.3) is 0 Å². The van der Waals surface area contributed by atoms with Crippen LogP contribution in [-0.4, -0.2) is 31.0 Å². The first kappa shape index (κ1) is 14.7. The Hall–Kier alpha value is -2.38. The van der Waals surface area contributed by atoms with Crippen molar-refractivity contribution < 1.29 is 28.3 Å². The molecule has 104 valence electrons. The molecular weight excluding hydrogens is 261 g/mol. The number of nitro benzene ring substituents is 1. The lowest BCUT2D eigenvalue weighted by atomic mass is 10.3. The lowest BCUT2D eigenvalue weighted by Crippen LogP contribution is -2.24. The summed E-state index contributed by atoms with van der Waals surface area (Å²) in [6.45, 7) is 1.52. The van der Waals surface area contributed by atoms with Crippen molar-refractivity contribution in [2.45, 2.75) is 13.3 Å². The van der Waals surface area contributed by atoms with Crippen molar-refractivity contribution in [2.24, 2.45) is 0 Å². The Balaban J connectivity index is 2.88. The minimum Gasteiger partial charge on any atom is -0.490 e. The number of halogens is 1. The fourth-order valence-electron chi connectivity index (χ4n) is 1.26. The molecule has 0 aliphatic heterocycles. The number of ether oxygens (including phenoxy) is 3. The minimum absolute atomic E-state index is 0.00360. The molecule has 0 fully saturated rings. The topological polar surface area (TPSA) is 87.9 Å². The van der Waals surface area contributed by atoms with Gasteiger partial charge in [0.05, 0.1) is 24.7 Å². The lowest BCUT2D eigenvalue weighted by molar-refractivity contribution is -0.385. The highest BCUT2D eigenvalue weighted by molar-refractivity contribution is 5.73. The molecule has 1 atom stereocenters. The Morgan fingerprint density at radius 2 is 2.21 bits per heavy atom. The summed E-state index contributed by atoms with van der Waals surface area (Å²) in [7, 11) is 1.26. The van der Waals surface area contributed by atoms with E-state index in [4.69, 9.17) is 4.74 Å². The number of esters is 1. The SMILES string of the molecule is CCOC(=O)C(F)Oc1ccc(OC)c([N+](=O)[O-])c1. The van der Waals surface area contributed by atoms with Gasteiger partial charge in [-0.15, -0.1) is 0 Å². The Morgan fingerprint density at radius 1 is 1.53 bits per heavy atom. The fraction of sp³-hybridized carbons (Fsp3) is 0.364. The number of benzene rings is 1. The van der Waals surface area contributed by atoms with Crippen molar-refractivity contribution in [1.82, 2.24) is 0 Å². The van der Waals surface area contributed by atoms with Gasteiger partial charge in [-0.3, -0.25) is 10.1 Å². The number of hydrogen-bond donors (Lipinski definition) is 0. The number of alkyl halides is 1. The Morgan fingerprint density at radius 3 is 2.74 bits per heavy atom. The van der Waals surface area contributed by atoms with Gasteiger partial charge in [0.1, 0.15) is 5.75 Å². The van der Waals surface area contributed by atoms with Crippen LogP contribution >= 0.6 is 0 Å². The average molecular weight is 273 g/mol. The molecule has 7 nitrogen and oxygen atoms in total. The van der Waals surface area contributed by atoms with Gasteiger partial charge in [-0.1, -0.05) is 0 Å². The summed E-state index contributed by atoms with van der Waals surface area (Å²) in [5, 5.41) is 10.7. The zero-order chi connectivity index (χ0) is 14.4. The second kappa shape index (κ2) is 6.53. The van der Waals surface area contributed by atoms with E-state index in [1.54, 1.807) is 0 Å². The van der Waals surface area contributed by atoms with Crippen LogP contribution in [0, 0.1) is 10.1 Å². The van der Waals surface area contributed by atoms with Gasteiger partial charge in [-0.05, 0) is 19.1 Å². The van der Waals surface area contributed by atoms with Crippen molar-refractivity contribution in [3.63, 3.8) is 0 Å². The van der Waals surface area contributed by atoms with Crippen LogP contribution in [-0.2, 0) is 9.53 Å². The third kappa shape index (κ3) is 3.80. The summed E-state index contributed by atoms with van der Waals surface area (Å²) in [6.07, 6.45) is -2.34. The number of carbonyl (C=O) groups is 1. The van der Waals surface area contributed by atoms with Crippen molar-refractivity contribution in [2.75, 3.05) is 13.7 Å². The van der Waals surface area contributed by atoms with Gasteiger partial charge in [0, 0.05) is 0 Å². The highest BCUT2D eigenvalue weighted by atomic mass is 19.1. The summed E-state index contributed by atoms with van der Waals surface area (Å²) >= 11 is 0. The normalized spacial score (nSPS) is 11.5. The third-order valence-electron chi connectivity index (χ3n) is 2.06. The summed E-state index contributed by atoms with van der Waals surface area (Å²) in [5.74, 6) is -1.36. The molecule has 0 N–H and O–H groups in total. The molecule has 1 unspecified atom stereocenters. The molecule has 0 bridgehead atoms. The number of hydrogen-bond acceptors (Lipinski definition) is 6. The third-order valence-corrected chi connectivity index (χ3v) is 2.06. The monoisotopic (exact) mass is 273 g/mol. The first-order valence-corrected chi connectivity index (χ1v) is 5.29. The van der Waals surface area contributed by atoms with E-state index in [2.05, 4.69) is 9.47 Å². The molecule has 0 aromatic heterocycles. The van der Waals surface area contributed by atoms with Gasteiger partial charge in [-0.2, -0.15) is 4.39 Å². The second-order valence-corrected chi connectivity index (χ2v) is 3.28. The highest BCUT2D eigenvalue weighted by Gasteiger charge is 2.22. The largest absolute Gasteiger partial charge is 0.490 e. The van der Waals surface area contributed by atoms with Crippen LogP contribution in [0.2, 0.25) is 0 Å². The van der Waals surface area contributed by atoms with E-state index in [1.165, 1.54) is 26.2 Å². The van der Waals surface area contributed by atoms with Crippen LogP contribution < -0.4 is 9.47 Å². The van der Waals surface area contributed by atoms with Crippen molar-refractivity contribution in [3.8, 4) is 11.5 Å². The molecule has 1 aromatic rings. The van der Waals surface area contributed by atoms with Crippen molar-refractivity contribution in [1.29, 1.82) is 0 Å². The molecule has 0 radical (unpaired) electrons. The van der Waals surface area contributed by atoms with Gasteiger partial charge in [-0.25, -0.2) is 4.79 Å². The number of nitro groups is 1. The zero-order valence-corrected chi connectivity index (χ0v) is 10.3. The maximum Gasteiger partial charge on any atom is 0.381 e. The van der Waals surface area contributed by atoms with Crippen LogP contribution in [0.25, 0.3) is 0 Å².